The topological polar surface area (TPSA) is 66.5 Å². The van der Waals surface area contributed by atoms with Gasteiger partial charge in [-0.3, -0.25) is 4.79 Å². The van der Waals surface area contributed by atoms with E-state index in [0.29, 0.717) is 18.7 Å². The molecule has 0 saturated heterocycles. The Hall–Kier alpha value is -2.03. The van der Waals surface area contributed by atoms with E-state index >= 15 is 0 Å². The fourth-order valence-corrected chi connectivity index (χ4v) is 4.29. The molecule has 152 valence electrons. The van der Waals surface area contributed by atoms with Gasteiger partial charge in [0.05, 0.1) is 15.6 Å². The Balaban J connectivity index is 2.12. The van der Waals surface area contributed by atoms with Gasteiger partial charge in [0, 0.05) is 19.5 Å². The number of nitrogens with one attached hydrogen (secondary N) is 1. The molecule has 28 heavy (non-hydrogen) atoms. The summed E-state index contributed by atoms with van der Waals surface area (Å²) >= 11 is 6.08. The van der Waals surface area contributed by atoms with E-state index in [1.54, 1.807) is 13.8 Å². The number of nitrogens with zero attached hydrogens (tertiary/aromatic N) is 1. The molecular weight excluding hydrogens is 410 g/mol. The molecule has 0 unspecified atom stereocenters. The van der Waals surface area contributed by atoms with E-state index in [4.69, 9.17) is 11.6 Å². The first-order valence-corrected chi connectivity index (χ1v) is 10.5. The van der Waals surface area contributed by atoms with Gasteiger partial charge in [-0.2, -0.15) is 4.31 Å². The van der Waals surface area contributed by atoms with Crippen molar-refractivity contribution in [3.63, 3.8) is 0 Å². The second-order valence-electron chi connectivity index (χ2n) is 6.03. The average molecular weight is 431 g/mol. The van der Waals surface area contributed by atoms with Crippen LogP contribution in [0.25, 0.3) is 0 Å². The van der Waals surface area contributed by atoms with Crippen LogP contribution in [0.3, 0.4) is 0 Å². The summed E-state index contributed by atoms with van der Waals surface area (Å²) < 4.78 is 52.7. The van der Waals surface area contributed by atoms with Crippen molar-refractivity contribution < 1.29 is 22.0 Å². The lowest BCUT2D eigenvalue weighted by molar-refractivity contribution is -0.116. The molecule has 2 rings (SSSR count). The van der Waals surface area contributed by atoms with Crippen LogP contribution in [-0.2, 0) is 21.2 Å². The number of sulfonamides is 1. The molecule has 5 nitrogen and oxygen atoms in total. The van der Waals surface area contributed by atoms with Crippen LogP contribution >= 0.6 is 11.6 Å². The van der Waals surface area contributed by atoms with Gasteiger partial charge in [0.25, 0.3) is 0 Å². The highest BCUT2D eigenvalue weighted by molar-refractivity contribution is 7.89. The van der Waals surface area contributed by atoms with Gasteiger partial charge in [0.15, 0.2) is 11.6 Å². The van der Waals surface area contributed by atoms with Crippen molar-refractivity contribution in [1.29, 1.82) is 0 Å². The lowest BCUT2D eigenvalue weighted by Gasteiger charge is -2.19. The SMILES string of the molecule is CCN(CC)S(=O)(=O)c1ccc(Cl)c(NC(=O)CCc2ccc(F)c(F)c2)c1. The van der Waals surface area contributed by atoms with Gasteiger partial charge in [-0.1, -0.05) is 31.5 Å². The standard InChI is InChI=1S/C19H21ClF2N2O3S/c1-3-24(4-2)28(26,27)14-7-8-15(20)18(12-14)23-19(25)10-6-13-5-9-16(21)17(22)11-13/h5,7-9,11-12H,3-4,6,10H2,1-2H3,(H,23,25). The van der Waals surface area contributed by atoms with E-state index in [9.17, 15) is 22.0 Å². The molecule has 2 aromatic rings. The van der Waals surface area contributed by atoms with Crippen molar-refractivity contribution in [1.82, 2.24) is 4.31 Å². The number of benzene rings is 2. The molecule has 0 aromatic heterocycles. The first-order valence-electron chi connectivity index (χ1n) is 8.72. The zero-order chi connectivity index (χ0) is 20.9. The fraction of sp³-hybridized carbons (Fsp3) is 0.316. The first-order chi connectivity index (χ1) is 13.2. The third kappa shape index (κ3) is 5.27. The summed E-state index contributed by atoms with van der Waals surface area (Å²) in [6.45, 7) is 4.10. The summed E-state index contributed by atoms with van der Waals surface area (Å²) in [4.78, 5) is 12.2. The zero-order valence-corrected chi connectivity index (χ0v) is 17.1. The Morgan fingerprint density at radius 1 is 1.07 bits per heavy atom. The molecule has 0 aliphatic rings. The molecule has 0 aliphatic carbocycles. The van der Waals surface area contributed by atoms with Gasteiger partial charge in [0.1, 0.15) is 0 Å². The smallest absolute Gasteiger partial charge is 0.243 e. The minimum absolute atomic E-state index is 0.00553. The van der Waals surface area contributed by atoms with Gasteiger partial charge in [-0.15, -0.1) is 0 Å². The maximum atomic E-state index is 13.2. The number of rotatable bonds is 8. The van der Waals surface area contributed by atoms with E-state index in [1.807, 2.05) is 0 Å². The quantitative estimate of drug-likeness (QED) is 0.681. The number of carbonyl (C=O) groups excluding carboxylic acids is 1. The molecule has 0 saturated carbocycles. The molecule has 9 heteroatoms. The fourth-order valence-electron chi connectivity index (χ4n) is 2.64. The molecular formula is C19H21ClF2N2O3S. The number of carbonyl (C=O) groups is 1. The molecule has 0 aliphatic heterocycles. The highest BCUT2D eigenvalue weighted by Crippen LogP contribution is 2.27. The van der Waals surface area contributed by atoms with Crippen LogP contribution in [-0.4, -0.2) is 31.7 Å². The Kier molecular flexibility index (Phi) is 7.51. The second kappa shape index (κ2) is 9.45. The van der Waals surface area contributed by atoms with Crippen LogP contribution < -0.4 is 5.32 Å². The third-order valence-corrected chi connectivity index (χ3v) is 6.56. The number of hydrogen-bond acceptors (Lipinski definition) is 3. The predicted octanol–water partition coefficient (Wildman–Crippen LogP) is 4.22. The molecule has 1 N–H and O–H groups in total. The summed E-state index contributed by atoms with van der Waals surface area (Å²) in [7, 11) is -3.69. The van der Waals surface area contributed by atoms with Crippen LogP contribution in [0.1, 0.15) is 25.8 Å². The number of hydrogen-bond donors (Lipinski definition) is 1. The number of anilines is 1. The number of halogens is 3. The van der Waals surface area contributed by atoms with E-state index < -0.39 is 27.6 Å². The van der Waals surface area contributed by atoms with E-state index in [-0.39, 0.29) is 28.4 Å². The maximum Gasteiger partial charge on any atom is 0.243 e. The number of amides is 1. The summed E-state index contributed by atoms with van der Waals surface area (Å²) in [5.74, 6) is -2.36. The summed E-state index contributed by atoms with van der Waals surface area (Å²) in [6.07, 6.45) is 0.187. The van der Waals surface area contributed by atoms with Crippen molar-refractivity contribution in [2.45, 2.75) is 31.6 Å². The molecule has 0 radical (unpaired) electrons. The van der Waals surface area contributed by atoms with Gasteiger partial charge < -0.3 is 5.32 Å². The van der Waals surface area contributed by atoms with Gasteiger partial charge >= 0.3 is 0 Å². The minimum atomic E-state index is -3.69. The first kappa shape index (κ1) is 22.3. The van der Waals surface area contributed by atoms with Crippen LogP contribution in [0.5, 0.6) is 0 Å². The summed E-state index contributed by atoms with van der Waals surface area (Å²) in [5.41, 5.74) is 0.642. The van der Waals surface area contributed by atoms with Gasteiger partial charge in [-0.25, -0.2) is 17.2 Å². The summed E-state index contributed by atoms with van der Waals surface area (Å²) in [6, 6.07) is 7.53. The van der Waals surface area contributed by atoms with Crippen LogP contribution in [0.2, 0.25) is 5.02 Å². The van der Waals surface area contributed by atoms with E-state index in [0.717, 1.165) is 12.1 Å². The zero-order valence-electron chi connectivity index (χ0n) is 15.5. The second-order valence-corrected chi connectivity index (χ2v) is 8.37. The Labute approximate surface area is 168 Å². The molecule has 0 fully saturated rings. The maximum absolute atomic E-state index is 13.2. The van der Waals surface area contributed by atoms with Crippen molar-refractivity contribution >= 4 is 33.2 Å². The molecule has 0 spiro atoms. The summed E-state index contributed by atoms with van der Waals surface area (Å²) in [5, 5.41) is 2.77. The van der Waals surface area contributed by atoms with Crippen LogP contribution in [0.4, 0.5) is 14.5 Å². The van der Waals surface area contributed by atoms with Crippen molar-refractivity contribution in [2.24, 2.45) is 0 Å². The van der Waals surface area contributed by atoms with Crippen LogP contribution in [0.15, 0.2) is 41.3 Å². The molecule has 2 aromatic carbocycles. The molecule has 0 heterocycles. The van der Waals surface area contributed by atoms with E-state index in [2.05, 4.69) is 5.32 Å². The van der Waals surface area contributed by atoms with Gasteiger partial charge in [0.2, 0.25) is 15.9 Å². The van der Waals surface area contributed by atoms with Crippen molar-refractivity contribution in [3.8, 4) is 0 Å². The minimum Gasteiger partial charge on any atom is -0.325 e. The third-order valence-electron chi connectivity index (χ3n) is 4.18. The normalized spacial score (nSPS) is 11.6. The Morgan fingerprint density at radius 3 is 2.36 bits per heavy atom. The van der Waals surface area contributed by atoms with Crippen molar-refractivity contribution in [2.75, 3.05) is 18.4 Å². The monoisotopic (exact) mass is 430 g/mol. The Morgan fingerprint density at radius 2 is 1.75 bits per heavy atom. The molecule has 0 bridgehead atoms. The lowest BCUT2D eigenvalue weighted by Crippen LogP contribution is -2.30. The average Bonchev–Trinajstić information content (AvgIpc) is 2.65. The van der Waals surface area contributed by atoms with Crippen molar-refractivity contribution in [3.05, 3.63) is 58.6 Å². The van der Waals surface area contributed by atoms with Gasteiger partial charge in [-0.05, 0) is 42.3 Å². The lowest BCUT2D eigenvalue weighted by atomic mass is 10.1. The highest BCUT2D eigenvalue weighted by atomic mass is 35.5. The highest BCUT2D eigenvalue weighted by Gasteiger charge is 2.22. The predicted molar refractivity (Wildman–Crippen MR) is 105 cm³/mol. The number of aryl methyl sites for hydroxylation is 1. The molecule has 0 atom stereocenters. The van der Waals surface area contributed by atoms with Crippen LogP contribution in [0, 0.1) is 11.6 Å². The Bertz CT molecular complexity index is 964. The largest absolute Gasteiger partial charge is 0.325 e. The van der Waals surface area contributed by atoms with E-state index in [1.165, 1.54) is 28.6 Å². The molecule has 1 amide bonds.